The van der Waals surface area contributed by atoms with E-state index in [2.05, 4.69) is 0 Å². The SMILES string of the molecule is COc1cc(/C=C/C#N)cc(OC)c1. The molecule has 0 unspecified atom stereocenters. The number of benzene rings is 1. The fraction of sp³-hybridized carbons (Fsp3) is 0.182. The zero-order valence-corrected chi connectivity index (χ0v) is 8.15. The van der Waals surface area contributed by atoms with Crippen LogP contribution in [0.25, 0.3) is 6.08 Å². The lowest BCUT2D eigenvalue weighted by molar-refractivity contribution is 0.394. The van der Waals surface area contributed by atoms with Gasteiger partial charge in [-0.2, -0.15) is 5.26 Å². The van der Waals surface area contributed by atoms with E-state index in [1.165, 1.54) is 6.08 Å². The third-order valence-electron chi connectivity index (χ3n) is 1.72. The van der Waals surface area contributed by atoms with Gasteiger partial charge in [0.25, 0.3) is 0 Å². The predicted octanol–water partition coefficient (Wildman–Crippen LogP) is 2.24. The Balaban J connectivity index is 3.05. The summed E-state index contributed by atoms with van der Waals surface area (Å²) in [4.78, 5) is 0. The van der Waals surface area contributed by atoms with Crippen LogP contribution in [0.3, 0.4) is 0 Å². The molecule has 0 saturated heterocycles. The van der Waals surface area contributed by atoms with Crippen LogP contribution in [0, 0.1) is 11.3 Å². The summed E-state index contributed by atoms with van der Waals surface area (Å²) in [6.45, 7) is 0. The number of methoxy groups -OCH3 is 2. The van der Waals surface area contributed by atoms with Gasteiger partial charge in [-0.3, -0.25) is 0 Å². The molecule has 0 radical (unpaired) electrons. The van der Waals surface area contributed by atoms with E-state index in [-0.39, 0.29) is 0 Å². The highest BCUT2D eigenvalue weighted by atomic mass is 16.5. The molecule has 0 N–H and O–H groups in total. The van der Waals surface area contributed by atoms with Crippen molar-refractivity contribution < 1.29 is 9.47 Å². The first-order chi connectivity index (χ1) is 6.80. The first kappa shape index (κ1) is 10.1. The molecule has 3 nitrogen and oxygen atoms in total. The maximum absolute atomic E-state index is 8.38. The number of rotatable bonds is 3. The summed E-state index contributed by atoms with van der Waals surface area (Å²) in [5.41, 5.74) is 0.878. The fourth-order valence-electron chi connectivity index (χ4n) is 1.06. The van der Waals surface area contributed by atoms with Gasteiger partial charge in [-0.05, 0) is 23.8 Å². The van der Waals surface area contributed by atoms with Crippen LogP contribution in [0.2, 0.25) is 0 Å². The molecule has 1 aromatic rings. The molecular weight excluding hydrogens is 178 g/mol. The Bertz CT molecular complexity index is 355. The van der Waals surface area contributed by atoms with Crippen LogP contribution in [0.1, 0.15) is 5.56 Å². The van der Waals surface area contributed by atoms with E-state index in [0.29, 0.717) is 11.5 Å². The van der Waals surface area contributed by atoms with Crippen LogP contribution in [0.4, 0.5) is 0 Å². The quantitative estimate of drug-likeness (QED) is 0.685. The van der Waals surface area contributed by atoms with Crippen molar-refractivity contribution in [1.82, 2.24) is 0 Å². The highest BCUT2D eigenvalue weighted by Crippen LogP contribution is 2.22. The van der Waals surface area contributed by atoms with Gasteiger partial charge in [0.15, 0.2) is 0 Å². The van der Waals surface area contributed by atoms with Gasteiger partial charge < -0.3 is 9.47 Å². The zero-order valence-electron chi connectivity index (χ0n) is 8.15. The lowest BCUT2D eigenvalue weighted by atomic mass is 10.2. The second kappa shape index (κ2) is 4.93. The van der Waals surface area contributed by atoms with Gasteiger partial charge in [-0.15, -0.1) is 0 Å². The second-order valence-corrected chi connectivity index (χ2v) is 2.61. The van der Waals surface area contributed by atoms with E-state index in [4.69, 9.17) is 14.7 Å². The summed E-state index contributed by atoms with van der Waals surface area (Å²) in [6, 6.07) is 7.37. The molecule has 0 aliphatic rings. The molecule has 0 aliphatic carbocycles. The molecule has 0 bridgehead atoms. The minimum atomic E-state index is 0.710. The summed E-state index contributed by atoms with van der Waals surface area (Å²) < 4.78 is 10.2. The fourth-order valence-corrected chi connectivity index (χ4v) is 1.06. The number of allylic oxidation sites excluding steroid dienone is 1. The molecular formula is C11H11NO2. The molecule has 0 atom stereocenters. The topological polar surface area (TPSA) is 42.2 Å². The monoisotopic (exact) mass is 189 g/mol. The van der Waals surface area contributed by atoms with Crippen molar-refractivity contribution in [3.05, 3.63) is 29.8 Å². The van der Waals surface area contributed by atoms with Crippen LogP contribution in [-0.2, 0) is 0 Å². The van der Waals surface area contributed by atoms with Gasteiger partial charge in [-0.25, -0.2) is 0 Å². The molecule has 14 heavy (non-hydrogen) atoms. The van der Waals surface area contributed by atoms with Crippen molar-refractivity contribution in [3.8, 4) is 17.6 Å². The average Bonchev–Trinajstić information content (AvgIpc) is 2.25. The van der Waals surface area contributed by atoms with Gasteiger partial charge in [0.1, 0.15) is 11.5 Å². The first-order valence-electron chi connectivity index (χ1n) is 4.09. The van der Waals surface area contributed by atoms with Crippen molar-refractivity contribution in [2.24, 2.45) is 0 Å². The van der Waals surface area contributed by atoms with Gasteiger partial charge in [0, 0.05) is 12.1 Å². The van der Waals surface area contributed by atoms with Gasteiger partial charge in [-0.1, -0.05) is 0 Å². The van der Waals surface area contributed by atoms with E-state index in [9.17, 15) is 0 Å². The summed E-state index contributed by atoms with van der Waals surface area (Å²) >= 11 is 0. The molecule has 0 amide bonds. The van der Waals surface area contributed by atoms with Crippen LogP contribution in [0.5, 0.6) is 11.5 Å². The summed E-state index contributed by atoms with van der Waals surface area (Å²) in [5.74, 6) is 1.42. The molecule has 3 heteroatoms. The van der Waals surface area contributed by atoms with Crippen molar-refractivity contribution >= 4 is 6.08 Å². The van der Waals surface area contributed by atoms with E-state index >= 15 is 0 Å². The summed E-state index contributed by atoms with van der Waals surface area (Å²) in [5, 5.41) is 8.38. The van der Waals surface area contributed by atoms with Crippen molar-refractivity contribution in [2.75, 3.05) is 14.2 Å². The van der Waals surface area contributed by atoms with Crippen LogP contribution in [0.15, 0.2) is 24.3 Å². The van der Waals surface area contributed by atoms with Crippen molar-refractivity contribution in [1.29, 1.82) is 5.26 Å². The standard InChI is InChI=1S/C11H11NO2/c1-13-10-6-9(4-3-5-12)7-11(8-10)14-2/h3-4,6-8H,1-2H3/b4-3+. The van der Waals surface area contributed by atoms with E-state index in [1.54, 1.807) is 26.4 Å². The molecule has 0 fully saturated rings. The lowest BCUT2D eigenvalue weighted by Crippen LogP contribution is -1.87. The Kier molecular flexibility index (Phi) is 3.57. The van der Waals surface area contributed by atoms with Gasteiger partial charge in [0.2, 0.25) is 0 Å². The number of nitrogens with zero attached hydrogens (tertiary/aromatic N) is 1. The summed E-state index contributed by atoms with van der Waals surface area (Å²) in [6.07, 6.45) is 3.11. The number of ether oxygens (including phenoxy) is 2. The molecule has 0 aromatic heterocycles. The number of hydrogen-bond acceptors (Lipinski definition) is 3. The summed E-state index contributed by atoms with van der Waals surface area (Å²) in [7, 11) is 3.18. The maximum atomic E-state index is 8.38. The Morgan fingerprint density at radius 2 is 1.71 bits per heavy atom. The predicted molar refractivity (Wildman–Crippen MR) is 54.2 cm³/mol. The lowest BCUT2D eigenvalue weighted by Gasteiger charge is -2.05. The Hall–Kier alpha value is -1.95. The van der Waals surface area contributed by atoms with E-state index in [0.717, 1.165) is 5.56 Å². The van der Waals surface area contributed by atoms with Gasteiger partial charge >= 0.3 is 0 Å². The molecule has 0 spiro atoms. The minimum Gasteiger partial charge on any atom is -0.497 e. The Morgan fingerprint density at radius 1 is 1.14 bits per heavy atom. The molecule has 0 heterocycles. The smallest absolute Gasteiger partial charge is 0.123 e. The van der Waals surface area contributed by atoms with Crippen LogP contribution >= 0.6 is 0 Å². The Morgan fingerprint density at radius 3 is 2.14 bits per heavy atom. The van der Waals surface area contributed by atoms with E-state index in [1.807, 2.05) is 18.2 Å². The molecule has 1 rings (SSSR count). The van der Waals surface area contributed by atoms with Crippen molar-refractivity contribution in [3.63, 3.8) is 0 Å². The zero-order chi connectivity index (χ0) is 10.4. The molecule has 0 saturated carbocycles. The highest BCUT2D eigenvalue weighted by Gasteiger charge is 1.98. The normalized spacial score (nSPS) is 9.79. The number of nitriles is 1. The number of hydrogen-bond donors (Lipinski definition) is 0. The second-order valence-electron chi connectivity index (χ2n) is 2.61. The van der Waals surface area contributed by atoms with E-state index < -0.39 is 0 Å². The largest absolute Gasteiger partial charge is 0.497 e. The third-order valence-corrected chi connectivity index (χ3v) is 1.72. The molecule has 72 valence electrons. The Labute approximate surface area is 83.2 Å². The average molecular weight is 189 g/mol. The first-order valence-corrected chi connectivity index (χ1v) is 4.09. The maximum Gasteiger partial charge on any atom is 0.123 e. The molecule has 0 aliphatic heterocycles. The van der Waals surface area contributed by atoms with Crippen LogP contribution < -0.4 is 9.47 Å². The van der Waals surface area contributed by atoms with Crippen molar-refractivity contribution in [2.45, 2.75) is 0 Å². The third kappa shape index (κ3) is 2.53. The van der Waals surface area contributed by atoms with Gasteiger partial charge in [0.05, 0.1) is 20.3 Å². The van der Waals surface area contributed by atoms with Crippen LogP contribution in [-0.4, -0.2) is 14.2 Å². The highest BCUT2D eigenvalue weighted by molar-refractivity contribution is 5.56. The molecule has 1 aromatic carbocycles. The minimum absolute atomic E-state index is 0.710.